The normalized spacial score (nSPS) is 39.1. The molecule has 15 heteroatoms. The van der Waals surface area contributed by atoms with Crippen molar-refractivity contribution in [3.8, 4) is 0 Å². The average Bonchev–Trinajstić information content (AvgIpc) is 3.21. The Balaban J connectivity index is 2.03. The molecule has 3 heterocycles. The first kappa shape index (κ1) is 52.2. The maximum Gasteiger partial charge on any atom is 0.404 e. The van der Waals surface area contributed by atoms with E-state index in [1.54, 1.807) is 39.8 Å². The summed E-state index contributed by atoms with van der Waals surface area (Å²) in [6.07, 6.45) is 2.81. The second-order valence-electron chi connectivity index (χ2n) is 17.4. The molecule has 2 fully saturated rings. The first-order valence-corrected chi connectivity index (χ1v) is 21.5. The van der Waals surface area contributed by atoms with Crippen LogP contribution in [0.1, 0.15) is 88.5 Å². The zero-order chi connectivity index (χ0) is 45.9. The fraction of sp³-hybridized carbons (Fsp3) is 0.739. The van der Waals surface area contributed by atoms with E-state index in [1.807, 2.05) is 65.8 Å². The number of rotatable bonds is 11. The highest BCUT2D eigenvalue weighted by molar-refractivity contribution is 5.87. The Labute approximate surface area is 362 Å². The molecule has 0 radical (unpaired) electrons. The van der Waals surface area contributed by atoms with Crippen LogP contribution in [0.25, 0.3) is 0 Å². The van der Waals surface area contributed by atoms with Crippen molar-refractivity contribution in [2.75, 3.05) is 21.3 Å². The van der Waals surface area contributed by atoms with Gasteiger partial charge in [0.15, 0.2) is 18.2 Å². The Kier molecular flexibility index (Phi) is 20.1. The molecular weight excluding hydrogens is 790 g/mol. The number of ether oxygens (including phenoxy) is 8. The minimum Gasteiger partial charge on any atom is -0.490 e. The first-order valence-electron chi connectivity index (χ1n) is 21.5. The molecule has 348 valence electrons. The maximum absolute atomic E-state index is 14.0. The van der Waals surface area contributed by atoms with Gasteiger partial charge in [-0.15, -0.1) is 0 Å². The Morgan fingerprint density at radius 2 is 1.70 bits per heavy atom. The van der Waals surface area contributed by atoms with Crippen LogP contribution in [-0.2, 0) is 42.7 Å². The van der Waals surface area contributed by atoms with E-state index in [2.05, 4.69) is 0 Å². The Hall–Kier alpha value is -3.12. The van der Waals surface area contributed by atoms with Gasteiger partial charge in [-0.25, -0.2) is 9.59 Å². The third-order valence-electron chi connectivity index (χ3n) is 12.8. The number of primary amides is 1. The number of allylic oxidation sites excluding steroid dienone is 6. The van der Waals surface area contributed by atoms with Crippen LogP contribution in [0.2, 0.25) is 0 Å². The van der Waals surface area contributed by atoms with E-state index < -0.39 is 103 Å². The van der Waals surface area contributed by atoms with Crippen LogP contribution in [-0.4, -0.2) is 127 Å². The maximum atomic E-state index is 14.0. The van der Waals surface area contributed by atoms with Gasteiger partial charge in [0.25, 0.3) is 0 Å². The van der Waals surface area contributed by atoms with E-state index in [9.17, 15) is 30.0 Å². The van der Waals surface area contributed by atoms with E-state index in [-0.39, 0.29) is 36.4 Å². The minimum atomic E-state index is -1.43. The Morgan fingerprint density at radius 3 is 2.28 bits per heavy atom. The summed E-state index contributed by atoms with van der Waals surface area (Å²) in [7, 11) is 4.35. The van der Waals surface area contributed by atoms with Gasteiger partial charge in [0.05, 0.1) is 49.8 Å². The van der Waals surface area contributed by atoms with Crippen LogP contribution >= 0.6 is 0 Å². The number of aliphatic hydroxyl groups excluding tert-OH is 4. The van der Waals surface area contributed by atoms with Crippen LogP contribution < -0.4 is 5.73 Å². The highest BCUT2D eigenvalue weighted by atomic mass is 16.7. The number of carbonyl (C=O) groups excluding carboxylic acids is 2. The summed E-state index contributed by atoms with van der Waals surface area (Å²) < 4.78 is 48.3. The number of hydrogen-bond acceptors (Lipinski definition) is 14. The van der Waals surface area contributed by atoms with Crippen LogP contribution in [0.4, 0.5) is 4.79 Å². The van der Waals surface area contributed by atoms with Gasteiger partial charge in [0.1, 0.15) is 12.2 Å². The van der Waals surface area contributed by atoms with Crippen molar-refractivity contribution in [3.63, 3.8) is 0 Å². The number of hydrogen-bond donors (Lipinski definition) is 5. The Bertz CT molecular complexity index is 1570. The molecule has 1 amide bonds. The van der Waals surface area contributed by atoms with Gasteiger partial charge >= 0.3 is 12.1 Å². The highest BCUT2D eigenvalue weighted by Gasteiger charge is 2.54. The van der Waals surface area contributed by atoms with Crippen molar-refractivity contribution >= 4 is 12.1 Å². The molecule has 0 bridgehead atoms. The fourth-order valence-corrected chi connectivity index (χ4v) is 8.94. The molecule has 0 saturated carbocycles. The van der Waals surface area contributed by atoms with Crippen molar-refractivity contribution < 1.29 is 67.9 Å². The molecule has 15 nitrogen and oxygen atoms in total. The van der Waals surface area contributed by atoms with E-state index in [4.69, 9.17) is 43.6 Å². The second-order valence-corrected chi connectivity index (χ2v) is 17.4. The molecule has 3 aliphatic heterocycles. The monoisotopic (exact) mass is 866 g/mol. The molecule has 18 atom stereocenters. The molecule has 61 heavy (non-hydrogen) atoms. The van der Waals surface area contributed by atoms with Crippen molar-refractivity contribution in [1.29, 1.82) is 0 Å². The van der Waals surface area contributed by atoms with Crippen LogP contribution in [0.15, 0.2) is 59.4 Å². The summed E-state index contributed by atoms with van der Waals surface area (Å²) in [5.74, 6) is -5.03. The highest BCUT2D eigenvalue weighted by Crippen LogP contribution is 2.44. The van der Waals surface area contributed by atoms with Gasteiger partial charge in [-0.1, -0.05) is 89.1 Å². The number of esters is 1. The molecule has 3 aliphatic rings. The molecule has 0 aromatic carbocycles. The smallest absolute Gasteiger partial charge is 0.404 e. The number of carbonyl (C=O) groups is 2. The van der Waals surface area contributed by atoms with Crippen molar-refractivity contribution in [3.05, 3.63) is 59.4 Å². The average molecular weight is 866 g/mol. The second kappa shape index (κ2) is 23.5. The zero-order valence-electron chi connectivity index (χ0n) is 38.4. The molecule has 2 saturated heterocycles. The third-order valence-corrected chi connectivity index (χ3v) is 12.8. The van der Waals surface area contributed by atoms with Crippen molar-refractivity contribution in [2.24, 2.45) is 41.2 Å². The number of aliphatic hydroxyl groups is 4. The number of nitrogens with two attached hydrogens (primary N) is 1. The SMILES string of the molecule is CC=C[C@H]1O[C@@](OC)([C@@H](C)[C@H](O)[C@H](C)[C@H]2OC(=O)C(OC)=CC(C)=C[C@@H](C)[C@@H](O)[C@@H](C)[C@@H](O)[C@H](C)CC(C)=CC=C[C@@H]2OC)CC(OC2CC(O)C(OC(N)=O)C(C)O2)[C@@H]1C. The summed E-state index contributed by atoms with van der Waals surface area (Å²) in [5, 5.41) is 45.6. The topological polar surface area (TPSA) is 215 Å². The molecule has 0 aromatic heterocycles. The van der Waals surface area contributed by atoms with E-state index in [0.717, 1.165) is 5.57 Å². The van der Waals surface area contributed by atoms with E-state index in [0.29, 0.717) is 12.0 Å². The predicted molar refractivity (Wildman–Crippen MR) is 228 cm³/mol. The molecule has 0 spiro atoms. The van der Waals surface area contributed by atoms with Gasteiger partial charge in [0, 0.05) is 56.7 Å². The molecule has 3 rings (SSSR count). The zero-order valence-corrected chi connectivity index (χ0v) is 38.4. The predicted octanol–water partition coefficient (Wildman–Crippen LogP) is 5.25. The van der Waals surface area contributed by atoms with Gasteiger partial charge < -0.3 is 64.1 Å². The van der Waals surface area contributed by atoms with Gasteiger partial charge in [-0.05, 0) is 46.1 Å². The lowest BCUT2D eigenvalue weighted by atomic mass is 9.77. The fourth-order valence-electron chi connectivity index (χ4n) is 8.94. The first-order chi connectivity index (χ1) is 28.6. The molecule has 0 aromatic rings. The number of amides is 1. The standard InChI is InChI=1S/C46H75NO14/c1-14-16-34-28(6)37(58-38-22-33(48)43(32(10)57-38)60-45(47)53)23-46(56-13,61-34)31(9)41(51)30(8)42-35(54-11)18-15-17-24(2)19-26(4)39(49)29(7)40(50)27(5)20-25(3)21-36(55-12)44(52)59-42/h14-18,20-21,26-35,37-43,48-51H,19,22-23H2,1-13H3,(H2,47,53)/t26-,27-,28-,29+,30+,31+,32?,33?,34-,35+,37?,38?,39+,40-,41-,42-,43?,46-/m1/s1. The van der Waals surface area contributed by atoms with E-state index in [1.165, 1.54) is 27.4 Å². The summed E-state index contributed by atoms with van der Waals surface area (Å²) in [4.78, 5) is 25.4. The lowest BCUT2D eigenvalue weighted by molar-refractivity contribution is -0.346. The van der Waals surface area contributed by atoms with Gasteiger partial charge in [-0.2, -0.15) is 0 Å². The lowest BCUT2D eigenvalue weighted by Crippen LogP contribution is -2.60. The number of methoxy groups -OCH3 is 3. The Morgan fingerprint density at radius 1 is 1.03 bits per heavy atom. The summed E-state index contributed by atoms with van der Waals surface area (Å²) >= 11 is 0. The summed E-state index contributed by atoms with van der Waals surface area (Å²) in [6, 6.07) is 0. The molecule has 6 N–H and O–H groups in total. The quantitative estimate of drug-likeness (QED) is 0.133. The van der Waals surface area contributed by atoms with Crippen LogP contribution in [0, 0.1) is 35.5 Å². The lowest BCUT2D eigenvalue weighted by Gasteiger charge is -2.51. The van der Waals surface area contributed by atoms with E-state index >= 15 is 0 Å². The molecule has 5 unspecified atom stereocenters. The summed E-state index contributed by atoms with van der Waals surface area (Å²) in [6.45, 7) is 18.4. The molecule has 0 aliphatic carbocycles. The molecular formula is C46H75NO14. The largest absolute Gasteiger partial charge is 0.490 e. The minimum absolute atomic E-state index is 0.0118. The van der Waals surface area contributed by atoms with Gasteiger partial charge in [0.2, 0.25) is 5.76 Å². The summed E-state index contributed by atoms with van der Waals surface area (Å²) in [5.41, 5.74) is 6.83. The van der Waals surface area contributed by atoms with Crippen LogP contribution in [0.5, 0.6) is 0 Å². The number of cyclic esters (lactones) is 1. The van der Waals surface area contributed by atoms with Gasteiger partial charge in [-0.3, -0.25) is 0 Å². The van der Waals surface area contributed by atoms with Crippen molar-refractivity contribution in [1.82, 2.24) is 0 Å². The third kappa shape index (κ3) is 13.4. The van der Waals surface area contributed by atoms with Crippen LogP contribution in [0.3, 0.4) is 0 Å². The van der Waals surface area contributed by atoms with Crippen molar-refractivity contribution in [2.45, 2.75) is 162 Å².